The largest absolute Gasteiger partial charge is 0.347 e. The van der Waals surface area contributed by atoms with E-state index in [4.69, 9.17) is 9.47 Å². The summed E-state index contributed by atoms with van der Waals surface area (Å²) in [4.78, 5) is 27.2. The number of amides is 2. The minimum Gasteiger partial charge on any atom is -0.347 e. The first-order chi connectivity index (χ1) is 14.3. The van der Waals surface area contributed by atoms with Crippen LogP contribution < -0.4 is 5.32 Å². The van der Waals surface area contributed by atoms with Crippen molar-refractivity contribution in [2.45, 2.75) is 53.4 Å². The van der Waals surface area contributed by atoms with Crippen LogP contribution in [-0.4, -0.2) is 68.2 Å². The van der Waals surface area contributed by atoms with Gasteiger partial charge in [0.2, 0.25) is 11.8 Å². The van der Waals surface area contributed by atoms with Crippen LogP contribution in [0, 0.1) is 0 Å². The fraction of sp³-hybridized carbons (Fsp3) is 0.600. The Morgan fingerprint density at radius 2 is 1.97 bits per heavy atom. The number of nitrogens with one attached hydrogen (secondary N) is 1. The Balaban J connectivity index is 1.37. The van der Waals surface area contributed by atoms with E-state index in [0.29, 0.717) is 51.3 Å². The van der Waals surface area contributed by atoms with Gasteiger partial charge in [-0.1, -0.05) is 6.92 Å². The number of carbonyl (C=O) groups is 2. The van der Waals surface area contributed by atoms with Gasteiger partial charge in [-0.05, 0) is 18.2 Å². The van der Waals surface area contributed by atoms with Gasteiger partial charge in [0.15, 0.2) is 15.6 Å². The maximum atomic E-state index is 12.8. The Morgan fingerprint density at radius 3 is 2.67 bits per heavy atom. The van der Waals surface area contributed by atoms with Crippen molar-refractivity contribution < 1.29 is 27.5 Å². The van der Waals surface area contributed by atoms with Crippen LogP contribution in [0.4, 0.5) is 5.69 Å². The quantitative estimate of drug-likeness (QED) is 0.743. The number of thioether (sulfide) groups is 1. The van der Waals surface area contributed by atoms with Gasteiger partial charge >= 0.3 is 0 Å². The zero-order chi connectivity index (χ0) is 21.4. The first kappa shape index (κ1) is 21.6. The van der Waals surface area contributed by atoms with E-state index in [1.54, 1.807) is 28.8 Å². The summed E-state index contributed by atoms with van der Waals surface area (Å²) in [6.45, 7) is 4.11. The van der Waals surface area contributed by atoms with E-state index in [2.05, 4.69) is 5.32 Å². The number of ether oxygens (including phenoxy) is 2. The summed E-state index contributed by atoms with van der Waals surface area (Å²) in [5.74, 6) is -1.14. The molecule has 1 spiro atoms. The normalized spacial score (nSPS) is 23.7. The molecule has 1 aromatic rings. The van der Waals surface area contributed by atoms with E-state index < -0.39 is 15.6 Å². The van der Waals surface area contributed by atoms with Crippen molar-refractivity contribution in [2.24, 2.45) is 0 Å². The van der Waals surface area contributed by atoms with Crippen molar-refractivity contribution in [1.82, 2.24) is 4.90 Å². The molecule has 3 aliphatic heterocycles. The molecule has 4 rings (SSSR count). The summed E-state index contributed by atoms with van der Waals surface area (Å²) in [6.07, 6.45) is 1.51. The van der Waals surface area contributed by atoms with Crippen LogP contribution in [0.3, 0.4) is 0 Å². The number of benzene rings is 1. The number of hydrogen-bond acceptors (Lipinski definition) is 7. The van der Waals surface area contributed by atoms with E-state index >= 15 is 0 Å². The third-order valence-electron chi connectivity index (χ3n) is 5.66. The molecular formula is C20H26N2O6S2. The van der Waals surface area contributed by atoms with Crippen molar-refractivity contribution in [1.29, 1.82) is 0 Å². The molecule has 8 nitrogen and oxygen atoms in total. The number of sulfone groups is 1. The minimum absolute atomic E-state index is 0.0771. The lowest BCUT2D eigenvalue weighted by Crippen LogP contribution is -2.47. The molecule has 164 valence electrons. The van der Waals surface area contributed by atoms with E-state index in [9.17, 15) is 18.0 Å². The number of anilines is 1. The molecule has 10 heteroatoms. The zero-order valence-electron chi connectivity index (χ0n) is 16.9. The Labute approximate surface area is 180 Å². The number of piperidine rings is 1. The number of carbonyl (C=O) groups excluding carboxylic acids is 2. The predicted molar refractivity (Wildman–Crippen MR) is 112 cm³/mol. The molecule has 1 aromatic carbocycles. The highest BCUT2D eigenvalue weighted by molar-refractivity contribution is 8.00. The zero-order valence-corrected chi connectivity index (χ0v) is 18.5. The monoisotopic (exact) mass is 454 g/mol. The Kier molecular flexibility index (Phi) is 6.11. The van der Waals surface area contributed by atoms with Gasteiger partial charge in [-0.15, -0.1) is 11.8 Å². The van der Waals surface area contributed by atoms with Gasteiger partial charge < -0.3 is 19.7 Å². The Hall–Kier alpha value is -1.62. The van der Waals surface area contributed by atoms with Gasteiger partial charge in [0.05, 0.1) is 29.5 Å². The van der Waals surface area contributed by atoms with E-state index in [-0.39, 0.29) is 34.1 Å². The van der Waals surface area contributed by atoms with Gasteiger partial charge in [0, 0.05) is 48.9 Å². The summed E-state index contributed by atoms with van der Waals surface area (Å²) < 4.78 is 36.9. The molecular weight excluding hydrogens is 428 g/mol. The van der Waals surface area contributed by atoms with Gasteiger partial charge in [0.1, 0.15) is 0 Å². The van der Waals surface area contributed by atoms with Crippen molar-refractivity contribution >= 4 is 39.1 Å². The molecule has 0 aromatic heterocycles. The van der Waals surface area contributed by atoms with Crippen molar-refractivity contribution in [2.75, 3.05) is 37.4 Å². The third kappa shape index (κ3) is 4.66. The molecule has 2 fully saturated rings. The van der Waals surface area contributed by atoms with Crippen LogP contribution in [-0.2, 0) is 28.9 Å². The summed E-state index contributed by atoms with van der Waals surface area (Å²) in [7, 11) is -3.65. The number of likely N-dealkylation sites (tertiary alicyclic amines) is 1. The summed E-state index contributed by atoms with van der Waals surface area (Å²) in [5.41, 5.74) is 0.514. The smallest absolute Gasteiger partial charge is 0.225 e. The molecule has 0 radical (unpaired) electrons. The molecule has 2 amide bonds. The van der Waals surface area contributed by atoms with Gasteiger partial charge in [0.25, 0.3) is 0 Å². The highest BCUT2D eigenvalue weighted by atomic mass is 32.2. The molecule has 3 aliphatic rings. The molecule has 30 heavy (non-hydrogen) atoms. The molecule has 2 saturated heterocycles. The van der Waals surface area contributed by atoms with E-state index in [0.717, 1.165) is 4.90 Å². The number of rotatable bonds is 4. The van der Waals surface area contributed by atoms with Crippen molar-refractivity contribution in [3.63, 3.8) is 0 Å². The highest BCUT2D eigenvalue weighted by Gasteiger charge is 2.40. The first-order valence-corrected chi connectivity index (χ1v) is 12.7. The second-order valence-corrected chi connectivity index (χ2v) is 11.5. The molecule has 0 saturated carbocycles. The summed E-state index contributed by atoms with van der Waals surface area (Å²) in [5, 5.41) is 2.90. The number of hydrogen-bond donors (Lipinski definition) is 1. The standard InChI is InChI=1S/C20H26N2O6S2/c1-14-12-18(23)21-16-13-15(2-3-17(16)29-14)30(25,26)11-4-19(24)22-7-5-20(6-8-22)27-9-10-28-20/h2-3,13-14H,4-12H2,1H3,(H,21,23)/t14-/m1/s1. The molecule has 0 unspecified atom stereocenters. The van der Waals surface area contributed by atoms with Gasteiger partial charge in [-0.2, -0.15) is 0 Å². The lowest BCUT2D eigenvalue weighted by atomic mass is 10.0. The minimum atomic E-state index is -3.65. The molecule has 3 heterocycles. The third-order valence-corrected chi connectivity index (χ3v) is 8.55. The Morgan fingerprint density at radius 1 is 1.27 bits per heavy atom. The van der Waals surface area contributed by atoms with Crippen LogP contribution in [0.15, 0.2) is 28.0 Å². The van der Waals surface area contributed by atoms with Crippen molar-refractivity contribution in [3.05, 3.63) is 18.2 Å². The second kappa shape index (κ2) is 8.49. The average molecular weight is 455 g/mol. The topological polar surface area (TPSA) is 102 Å². The molecule has 0 bridgehead atoms. The molecule has 1 N–H and O–H groups in total. The first-order valence-electron chi connectivity index (χ1n) is 10.2. The van der Waals surface area contributed by atoms with Gasteiger partial charge in [-0.3, -0.25) is 9.59 Å². The van der Waals surface area contributed by atoms with Crippen LogP contribution in [0.25, 0.3) is 0 Å². The van der Waals surface area contributed by atoms with Crippen LogP contribution in [0.1, 0.15) is 32.6 Å². The fourth-order valence-electron chi connectivity index (χ4n) is 4.00. The van der Waals surface area contributed by atoms with Crippen LogP contribution >= 0.6 is 11.8 Å². The average Bonchev–Trinajstić information content (AvgIpc) is 3.09. The lowest BCUT2D eigenvalue weighted by molar-refractivity contribution is -0.187. The Bertz CT molecular complexity index is 933. The highest BCUT2D eigenvalue weighted by Crippen LogP contribution is 2.36. The van der Waals surface area contributed by atoms with Gasteiger partial charge in [-0.25, -0.2) is 8.42 Å². The number of nitrogens with zero attached hydrogens (tertiary/aromatic N) is 1. The summed E-state index contributed by atoms with van der Waals surface area (Å²) in [6, 6.07) is 4.77. The lowest BCUT2D eigenvalue weighted by Gasteiger charge is -2.37. The van der Waals surface area contributed by atoms with Crippen LogP contribution in [0.5, 0.6) is 0 Å². The van der Waals surface area contributed by atoms with Crippen LogP contribution in [0.2, 0.25) is 0 Å². The maximum absolute atomic E-state index is 12.8. The SMILES string of the molecule is C[C@@H]1CC(=O)Nc2cc(S(=O)(=O)CCC(=O)N3CCC4(CC3)OCCO4)ccc2S1. The van der Waals surface area contributed by atoms with E-state index in [1.807, 2.05) is 6.92 Å². The summed E-state index contributed by atoms with van der Waals surface area (Å²) >= 11 is 1.54. The van der Waals surface area contributed by atoms with E-state index in [1.165, 1.54) is 6.07 Å². The number of fused-ring (bicyclic) bond motifs is 1. The maximum Gasteiger partial charge on any atom is 0.225 e. The van der Waals surface area contributed by atoms with Crippen molar-refractivity contribution in [3.8, 4) is 0 Å². The predicted octanol–water partition coefficient (Wildman–Crippen LogP) is 2.04. The second-order valence-electron chi connectivity index (χ2n) is 7.90. The molecule has 1 atom stereocenters. The fourth-order valence-corrected chi connectivity index (χ4v) is 6.31. The molecule has 0 aliphatic carbocycles.